The van der Waals surface area contributed by atoms with E-state index in [0.717, 1.165) is 16.3 Å². The zero-order valence-electron chi connectivity index (χ0n) is 14.2. The van der Waals surface area contributed by atoms with Crippen molar-refractivity contribution >= 4 is 11.3 Å². The Morgan fingerprint density at radius 3 is 2.76 bits per heavy atom. The van der Waals surface area contributed by atoms with Gasteiger partial charge in [0.15, 0.2) is 11.6 Å². The fourth-order valence-corrected chi connectivity index (χ4v) is 3.18. The van der Waals surface area contributed by atoms with Crippen LogP contribution in [0, 0.1) is 5.82 Å². The van der Waals surface area contributed by atoms with Crippen molar-refractivity contribution in [2.75, 3.05) is 0 Å². The second kappa shape index (κ2) is 8.18. The highest BCUT2D eigenvalue weighted by molar-refractivity contribution is 7.09. The van der Waals surface area contributed by atoms with Crippen LogP contribution in [-0.2, 0) is 13.1 Å². The Balaban J connectivity index is 1.63. The maximum atomic E-state index is 13.8. The fourth-order valence-electron chi connectivity index (χ4n) is 2.26. The molecule has 0 spiro atoms. The first kappa shape index (κ1) is 17.5. The number of benzene rings is 1. The van der Waals surface area contributed by atoms with Crippen molar-refractivity contribution in [2.45, 2.75) is 32.9 Å². The molecule has 3 aromatic rings. The highest BCUT2D eigenvalue weighted by Gasteiger charge is 2.10. The molecule has 4 nitrogen and oxygen atoms in total. The molecule has 0 aliphatic carbocycles. The molecule has 0 aliphatic rings. The zero-order valence-corrected chi connectivity index (χ0v) is 15.0. The summed E-state index contributed by atoms with van der Waals surface area (Å²) in [5.74, 6) is 0.603. The molecule has 1 N–H and O–H groups in total. The van der Waals surface area contributed by atoms with Crippen molar-refractivity contribution in [1.29, 1.82) is 0 Å². The number of nitrogens with one attached hydrogen (secondary N) is 1. The molecule has 0 amide bonds. The van der Waals surface area contributed by atoms with E-state index in [4.69, 9.17) is 4.74 Å². The van der Waals surface area contributed by atoms with Gasteiger partial charge < -0.3 is 10.1 Å². The molecule has 6 heteroatoms. The summed E-state index contributed by atoms with van der Waals surface area (Å²) in [5.41, 5.74) is 1.98. The molecular weight excluding hydrogens is 337 g/mol. The summed E-state index contributed by atoms with van der Waals surface area (Å²) in [6, 6.07) is 10.1. The van der Waals surface area contributed by atoms with E-state index >= 15 is 0 Å². The van der Waals surface area contributed by atoms with Crippen molar-refractivity contribution in [3.8, 4) is 11.6 Å². The predicted octanol–water partition coefficient (Wildman–Crippen LogP) is 4.88. The van der Waals surface area contributed by atoms with Crippen molar-refractivity contribution in [3.63, 3.8) is 0 Å². The Morgan fingerprint density at radius 2 is 2.00 bits per heavy atom. The molecule has 0 fully saturated rings. The van der Waals surface area contributed by atoms with Gasteiger partial charge in [-0.15, -0.1) is 11.3 Å². The predicted molar refractivity (Wildman–Crippen MR) is 97.5 cm³/mol. The van der Waals surface area contributed by atoms with Crippen LogP contribution in [0.15, 0.2) is 48.0 Å². The number of halogens is 1. The summed E-state index contributed by atoms with van der Waals surface area (Å²) in [6.07, 6.45) is 1.63. The summed E-state index contributed by atoms with van der Waals surface area (Å²) in [6.45, 7) is 5.50. The molecular formula is C19H20FN3OS. The number of hydrogen-bond acceptors (Lipinski definition) is 5. The zero-order chi connectivity index (χ0) is 17.6. The molecule has 0 radical (unpaired) electrons. The molecule has 0 atom stereocenters. The largest absolute Gasteiger partial charge is 0.436 e. The quantitative estimate of drug-likeness (QED) is 0.654. The van der Waals surface area contributed by atoms with E-state index in [1.165, 1.54) is 6.07 Å². The number of para-hydroxylation sites is 1. The van der Waals surface area contributed by atoms with Gasteiger partial charge in [-0.05, 0) is 24.1 Å². The topological polar surface area (TPSA) is 47.0 Å². The first-order valence-electron chi connectivity index (χ1n) is 8.15. The number of nitrogens with zero attached hydrogens (tertiary/aromatic N) is 2. The van der Waals surface area contributed by atoms with Crippen LogP contribution in [-0.4, -0.2) is 9.97 Å². The minimum atomic E-state index is -0.406. The molecule has 0 bridgehead atoms. The lowest BCUT2D eigenvalue weighted by atomic mass is 10.2. The first-order valence-corrected chi connectivity index (χ1v) is 9.02. The average Bonchev–Trinajstić information content (AvgIpc) is 3.08. The van der Waals surface area contributed by atoms with Crippen LogP contribution in [0.4, 0.5) is 4.39 Å². The van der Waals surface area contributed by atoms with Crippen molar-refractivity contribution in [2.24, 2.45) is 0 Å². The van der Waals surface area contributed by atoms with E-state index in [1.54, 1.807) is 35.7 Å². The first-order chi connectivity index (χ1) is 12.1. The van der Waals surface area contributed by atoms with E-state index < -0.39 is 5.82 Å². The smallest absolute Gasteiger partial charge is 0.223 e. The van der Waals surface area contributed by atoms with Gasteiger partial charge in [-0.2, -0.15) is 0 Å². The number of ether oxygens (including phenoxy) is 1. The Bertz CT molecular complexity index is 835. The van der Waals surface area contributed by atoms with Crippen molar-refractivity contribution in [1.82, 2.24) is 15.3 Å². The van der Waals surface area contributed by atoms with Crippen LogP contribution in [0.5, 0.6) is 11.6 Å². The standard InChI is InChI=1S/C19H20FN3OS/c1-13(2)16-12-25-18(23-16)11-21-10-14-6-5-9-22-19(14)24-17-8-4-3-7-15(17)20/h3-9,12-13,21H,10-11H2,1-2H3. The van der Waals surface area contributed by atoms with E-state index in [1.807, 2.05) is 12.1 Å². The molecule has 2 aromatic heterocycles. The lowest BCUT2D eigenvalue weighted by Gasteiger charge is -2.10. The molecule has 25 heavy (non-hydrogen) atoms. The Labute approximate surface area is 150 Å². The summed E-state index contributed by atoms with van der Waals surface area (Å²) >= 11 is 1.65. The number of thiazole rings is 1. The van der Waals surface area contributed by atoms with Crippen molar-refractivity contribution in [3.05, 3.63) is 70.1 Å². The van der Waals surface area contributed by atoms with Crippen LogP contribution in [0.1, 0.15) is 36.0 Å². The number of rotatable bonds is 7. The molecule has 130 valence electrons. The molecule has 0 unspecified atom stereocenters. The Morgan fingerprint density at radius 1 is 1.16 bits per heavy atom. The molecule has 0 aliphatic heterocycles. The van der Waals surface area contributed by atoms with Gasteiger partial charge in [0.25, 0.3) is 0 Å². The van der Waals surface area contributed by atoms with Crippen LogP contribution in [0.2, 0.25) is 0 Å². The number of hydrogen-bond donors (Lipinski definition) is 1. The molecule has 3 rings (SSSR count). The summed E-state index contributed by atoms with van der Waals surface area (Å²) in [4.78, 5) is 8.83. The second-order valence-corrected chi connectivity index (χ2v) is 6.87. The average molecular weight is 357 g/mol. The van der Waals surface area contributed by atoms with Crippen LogP contribution in [0.3, 0.4) is 0 Å². The van der Waals surface area contributed by atoms with Gasteiger partial charge in [0.1, 0.15) is 5.01 Å². The molecule has 0 saturated heterocycles. The molecule has 1 aromatic carbocycles. The lowest BCUT2D eigenvalue weighted by Crippen LogP contribution is -2.13. The van der Waals surface area contributed by atoms with Gasteiger partial charge in [0.05, 0.1) is 5.69 Å². The van der Waals surface area contributed by atoms with Gasteiger partial charge in [-0.3, -0.25) is 0 Å². The van der Waals surface area contributed by atoms with E-state index in [0.29, 0.717) is 24.9 Å². The maximum Gasteiger partial charge on any atom is 0.223 e. The normalized spacial score (nSPS) is 11.0. The van der Waals surface area contributed by atoms with Gasteiger partial charge in [-0.1, -0.05) is 32.0 Å². The van der Waals surface area contributed by atoms with E-state index in [2.05, 4.69) is 34.5 Å². The minimum Gasteiger partial charge on any atom is -0.436 e. The van der Waals surface area contributed by atoms with Crippen LogP contribution >= 0.6 is 11.3 Å². The highest BCUT2D eigenvalue weighted by Crippen LogP contribution is 2.25. The maximum absolute atomic E-state index is 13.8. The summed E-state index contributed by atoms with van der Waals surface area (Å²) in [7, 11) is 0. The SMILES string of the molecule is CC(C)c1csc(CNCc2cccnc2Oc2ccccc2F)n1. The van der Waals surface area contributed by atoms with Gasteiger partial charge in [0.2, 0.25) is 5.88 Å². The van der Waals surface area contributed by atoms with Crippen LogP contribution < -0.4 is 10.1 Å². The fraction of sp³-hybridized carbons (Fsp3) is 0.263. The monoisotopic (exact) mass is 357 g/mol. The highest BCUT2D eigenvalue weighted by atomic mass is 32.1. The third-order valence-corrected chi connectivity index (χ3v) is 4.51. The van der Waals surface area contributed by atoms with Crippen LogP contribution in [0.25, 0.3) is 0 Å². The number of aromatic nitrogens is 2. The summed E-state index contributed by atoms with van der Waals surface area (Å²) < 4.78 is 19.4. The second-order valence-electron chi connectivity index (χ2n) is 5.92. The third-order valence-electron chi connectivity index (χ3n) is 3.65. The minimum absolute atomic E-state index is 0.170. The third kappa shape index (κ3) is 4.61. The van der Waals surface area contributed by atoms with Gasteiger partial charge >= 0.3 is 0 Å². The Hall–Kier alpha value is -2.31. The van der Waals surface area contributed by atoms with Gasteiger partial charge in [-0.25, -0.2) is 14.4 Å². The number of pyridine rings is 1. The van der Waals surface area contributed by atoms with Gasteiger partial charge in [0, 0.05) is 30.2 Å². The molecule has 0 saturated carbocycles. The van der Waals surface area contributed by atoms with E-state index in [-0.39, 0.29) is 5.75 Å². The Kier molecular flexibility index (Phi) is 5.73. The van der Waals surface area contributed by atoms with Crippen molar-refractivity contribution < 1.29 is 9.13 Å². The molecule has 2 heterocycles. The summed E-state index contributed by atoms with van der Waals surface area (Å²) in [5, 5.41) is 6.49. The van der Waals surface area contributed by atoms with E-state index in [9.17, 15) is 4.39 Å². The lowest BCUT2D eigenvalue weighted by molar-refractivity contribution is 0.420.